The highest BCUT2D eigenvalue weighted by Crippen LogP contribution is 2.10. The van der Waals surface area contributed by atoms with E-state index in [0.29, 0.717) is 23.8 Å². The fraction of sp³-hybridized carbons (Fsp3) is 0.533. The van der Waals surface area contributed by atoms with Crippen LogP contribution in [0.15, 0.2) is 24.3 Å². The first-order valence-corrected chi connectivity index (χ1v) is 8.89. The number of ether oxygens (including phenoxy) is 1. The van der Waals surface area contributed by atoms with Crippen molar-refractivity contribution in [3.05, 3.63) is 29.8 Å². The van der Waals surface area contributed by atoms with E-state index in [0.717, 1.165) is 6.42 Å². The first-order chi connectivity index (χ1) is 10.3. The van der Waals surface area contributed by atoms with Crippen LogP contribution in [0.4, 0.5) is 0 Å². The zero-order valence-corrected chi connectivity index (χ0v) is 14.1. The third kappa shape index (κ3) is 6.91. The molecule has 6 nitrogen and oxygen atoms in total. The number of hydrogen-bond donors (Lipinski definition) is 2. The quantitative estimate of drug-likeness (QED) is 0.717. The largest absolute Gasteiger partial charge is 0.497 e. The van der Waals surface area contributed by atoms with E-state index in [1.807, 2.05) is 13.8 Å². The van der Waals surface area contributed by atoms with E-state index in [9.17, 15) is 13.2 Å². The van der Waals surface area contributed by atoms with Gasteiger partial charge < -0.3 is 10.1 Å². The highest BCUT2D eigenvalue weighted by Gasteiger charge is 2.11. The lowest BCUT2D eigenvalue weighted by molar-refractivity contribution is 0.0956. The second kappa shape index (κ2) is 8.75. The smallest absolute Gasteiger partial charge is 0.251 e. The molecule has 1 aromatic rings. The molecule has 7 heteroatoms. The van der Waals surface area contributed by atoms with Gasteiger partial charge >= 0.3 is 0 Å². The van der Waals surface area contributed by atoms with Gasteiger partial charge in [0.1, 0.15) is 5.75 Å². The number of nitrogens with one attached hydrogen (secondary N) is 2. The number of amides is 1. The predicted molar refractivity (Wildman–Crippen MR) is 86.6 cm³/mol. The van der Waals surface area contributed by atoms with Gasteiger partial charge in [0.2, 0.25) is 10.0 Å². The molecule has 1 aromatic carbocycles. The molecule has 0 atom stereocenters. The molecule has 0 aliphatic carbocycles. The van der Waals surface area contributed by atoms with E-state index in [-0.39, 0.29) is 18.2 Å². The van der Waals surface area contributed by atoms with Crippen molar-refractivity contribution in [2.24, 2.45) is 5.92 Å². The molecule has 0 spiro atoms. The molecule has 0 saturated heterocycles. The van der Waals surface area contributed by atoms with Crippen molar-refractivity contribution < 1.29 is 17.9 Å². The topological polar surface area (TPSA) is 84.5 Å². The van der Waals surface area contributed by atoms with Crippen LogP contribution in [0.3, 0.4) is 0 Å². The van der Waals surface area contributed by atoms with Gasteiger partial charge in [-0.3, -0.25) is 4.79 Å². The number of sulfonamides is 1. The number of rotatable bonds is 9. The molecule has 0 saturated carbocycles. The summed E-state index contributed by atoms with van der Waals surface area (Å²) in [6.45, 7) is 4.56. The van der Waals surface area contributed by atoms with Gasteiger partial charge in [-0.05, 0) is 36.6 Å². The third-order valence-corrected chi connectivity index (χ3v) is 4.44. The van der Waals surface area contributed by atoms with E-state index in [4.69, 9.17) is 4.74 Å². The number of hydrogen-bond acceptors (Lipinski definition) is 4. The summed E-state index contributed by atoms with van der Waals surface area (Å²) in [4.78, 5) is 11.9. The second-order valence-corrected chi connectivity index (χ2v) is 7.31. The predicted octanol–water partition coefficient (Wildman–Crippen LogP) is 1.39. The zero-order chi connectivity index (χ0) is 16.6. The number of methoxy groups -OCH3 is 1. The third-order valence-electron chi connectivity index (χ3n) is 3.05. The summed E-state index contributed by atoms with van der Waals surface area (Å²) in [5.41, 5.74) is 0.464. The summed E-state index contributed by atoms with van der Waals surface area (Å²) in [5, 5.41) is 2.59. The first-order valence-electron chi connectivity index (χ1n) is 7.23. The Kier molecular flexibility index (Phi) is 7.34. The van der Waals surface area contributed by atoms with Crippen LogP contribution in [0.25, 0.3) is 0 Å². The lowest BCUT2D eigenvalue weighted by atomic mass is 10.1. The Balaban J connectivity index is 2.37. The van der Waals surface area contributed by atoms with Gasteiger partial charge in [0, 0.05) is 18.7 Å². The Hall–Kier alpha value is -1.60. The summed E-state index contributed by atoms with van der Waals surface area (Å²) in [6.07, 6.45) is 0.789. The van der Waals surface area contributed by atoms with Crippen LogP contribution in [0, 0.1) is 5.92 Å². The molecule has 0 aliphatic heterocycles. The molecule has 1 rings (SSSR count). The molecule has 0 unspecified atom stereocenters. The molecule has 0 aliphatic rings. The lowest BCUT2D eigenvalue weighted by Crippen LogP contribution is -2.35. The maximum Gasteiger partial charge on any atom is 0.251 e. The zero-order valence-electron chi connectivity index (χ0n) is 13.3. The maximum atomic E-state index is 11.9. The summed E-state index contributed by atoms with van der Waals surface area (Å²) in [7, 11) is -1.80. The molecule has 124 valence electrons. The lowest BCUT2D eigenvalue weighted by Gasteiger charge is -2.09. The standard InChI is InChI=1S/C15H24N2O4S/c1-12(2)8-9-17-22(19,20)11-10-16-15(18)13-4-6-14(21-3)7-5-13/h4-7,12,17H,8-11H2,1-3H3,(H,16,18). The van der Waals surface area contributed by atoms with Gasteiger partial charge in [-0.1, -0.05) is 13.8 Å². The monoisotopic (exact) mass is 328 g/mol. The normalized spacial score (nSPS) is 11.5. The van der Waals surface area contributed by atoms with E-state index < -0.39 is 10.0 Å². The van der Waals surface area contributed by atoms with Crippen molar-refractivity contribution in [2.45, 2.75) is 20.3 Å². The molecule has 0 radical (unpaired) electrons. The molecule has 0 heterocycles. The van der Waals surface area contributed by atoms with Crippen LogP contribution in [-0.4, -0.2) is 40.3 Å². The van der Waals surface area contributed by atoms with Gasteiger partial charge in [-0.25, -0.2) is 13.1 Å². The van der Waals surface area contributed by atoms with Crippen LogP contribution in [0.5, 0.6) is 5.75 Å². The Labute approximate surface area is 132 Å². The van der Waals surface area contributed by atoms with Crippen LogP contribution >= 0.6 is 0 Å². The van der Waals surface area contributed by atoms with Crippen molar-refractivity contribution in [3.8, 4) is 5.75 Å². The van der Waals surface area contributed by atoms with Gasteiger partial charge in [-0.15, -0.1) is 0 Å². The molecule has 0 fully saturated rings. The summed E-state index contributed by atoms with van der Waals surface area (Å²) in [6, 6.07) is 6.62. The average molecular weight is 328 g/mol. The highest BCUT2D eigenvalue weighted by atomic mass is 32.2. The Morgan fingerprint density at radius 2 is 1.82 bits per heavy atom. The van der Waals surface area contributed by atoms with Crippen molar-refractivity contribution >= 4 is 15.9 Å². The van der Waals surface area contributed by atoms with Crippen LogP contribution in [-0.2, 0) is 10.0 Å². The molecular formula is C15H24N2O4S. The van der Waals surface area contributed by atoms with E-state index in [2.05, 4.69) is 10.0 Å². The van der Waals surface area contributed by atoms with Gasteiger partial charge in [-0.2, -0.15) is 0 Å². The number of carbonyl (C=O) groups is 1. The summed E-state index contributed by atoms with van der Waals surface area (Å²) in [5.74, 6) is 0.665. The molecule has 2 N–H and O–H groups in total. The van der Waals surface area contributed by atoms with Gasteiger partial charge in [0.15, 0.2) is 0 Å². The molecule has 0 aromatic heterocycles. The van der Waals surface area contributed by atoms with Crippen LogP contribution in [0.2, 0.25) is 0 Å². The fourth-order valence-electron chi connectivity index (χ4n) is 1.72. The minimum Gasteiger partial charge on any atom is -0.497 e. The first kappa shape index (κ1) is 18.4. The summed E-state index contributed by atoms with van der Waals surface area (Å²) >= 11 is 0. The Morgan fingerprint density at radius 1 is 1.18 bits per heavy atom. The molecule has 0 bridgehead atoms. The maximum absolute atomic E-state index is 11.9. The van der Waals surface area contributed by atoms with Crippen molar-refractivity contribution in [2.75, 3.05) is 26.0 Å². The summed E-state index contributed by atoms with van der Waals surface area (Å²) < 4.78 is 31.0. The van der Waals surface area contributed by atoms with E-state index in [1.165, 1.54) is 0 Å². The average Bonchev–Trinajstić information content (AvgIpc) is 2.46. The van der Waals surface area contributed by atoms with Crippen LogP contribution in [0.1, 0.15) is 30.6 Å². The molecular weight excluding hydrogens is 304 g/mol. The van der Waals surface area contributed by atoms with Crippen LogP contribution < -0.4 is 14.8 Å². The van der Waals surface area contributed by atoms with Crippen molar-refractivity contribution in [1.82, 2.24) is 10.0 Å². The van der Waals surface area contributed by atoms with Crippen molar-refractivity contribution in [1.29, 1.82) is 0 Å². The van der Waals surface area contributed by atoms with Gasteiger partial charge in [0.25, 0.3) is 5.91 Å². The van der Waals surface area contributed by atoms with Gasteiger partial charge in [0.05, 0.1) is 12.9 Å². The van der Waals surface area contributed by atoms with E-state index >= 15 is 0 Å². The molecule has 1 amide bonds. The number of benzene rings is 1. The molecule has 22 heavy (non-hydrogen) atoms. The Bertz CT molecular complexity index is 568. The minimum absolute atomic E-state index is 0.0713. The number of carbonyl (C=O) groups excluding carboxylic acids is 1. The highest BCUT2D eigenvalue weighted by molar-refractivity contribution is 7.89. The van der Waals surface area contributed by atoms with E-state index in [1.54, 1.807) is 31.4 Å². The fourth-order valence-corrected chi connectivity index (χ4v) is 2.66. The second-order valence-electron chi connectivity index (χ2n) is 5.38. The minimum atomic E-state index is -3.35. The SMILES string of the molecule is COc1ccc(C(=O)NCCS(=O)(=O)NCCC(C)C)cc1. The van der Waals surface area contributed by atoms with Crippen molar-refractivity contribution in [3.63, 3.8) is 0 Å². The Morgan fingerprint density at radius 3 is 2.36 bits per heavy atom.